The summed E-state index contributed by atoms with van der Waals surface area (Å²) in [6.07, 6.45) is 0.790. The molecule has 1 fully saturated rings. The average Bonchev–Trinajstić information content (AvgIpc) is 2.88. The number of carbonyl (C=O) groups is 2. The fourth-order valence-corrected chi connectivity index (χ4v) is 1.81. The first-order chi connectivity index (χ1) is 7.04. The summed E-state index contributed by atoms with van der Waals surface area (Å²) in [6, 6.07) is 0. The molecule has 0 aliphatic heterocycles. The van der Waals surface area contributed by atoms with Crippen LogP contribution >= 0.6 is 11.3 Å². The Morgan fingerprint density at radius 2 is 2.13 bits per heavy atom. The molecule has 2 N–H and O–H groups in total. The number of aliphatic carboxylic acids is 1. The monoisotopic (exact) mass is 227 g/mol. The Kier molecular flexibility index (Phi) is 2.18. The number of aryl methyl sites for hydroxylation is 1. The van der Waals surface area contributed by atoms with E-state index in [2.05, 4.69) is 15.5 Å². The highest BCUT2D eigenvalue weighted by atomic mass is 32.1. The Bertz CT molecular complexity index is 425. The van der Waals surface area contributed by atoms with E-state index < -0.39 is 17.3 Å². The van der Waals surface area contributed by atoms with Gasteiger partial charge in [-0.3, -0.25) is 14.9 Å². The number of carbonyl (C=O) groups excluding carboxylic acids is 1. The lowest BCUT2D eigenvalue weighted by molar-refractivity contribution is -0.147. The molecule has 1 aliphatic rings. The maximum atomic E-state index is 11.6. The first kappa shape index (κ1) is 10.0. The number of carboxylic acid groups (broad SMARTS) is 1. The number of amides is 1. The summed E-state index contributed by atoms with van der Waals surface area (Å²) in [5, 5.41) is 19.8. The summed E-state index contributed by atoms with van der Waals surface area (Å²) in [5.41, 5.74) is -1.22. The number of carboxylic acids is 1. The second kappa shape index (κ2) is 3.27. The molecule has 1 saturated carbocycles. The van der Waals surface area contributed by atoms with Crippen molar-refractivity contribution in [3.05, 3.63) is 5.01 Å². The van der Waals surface area contributed by atoms with Gasteiger partial charge in [-0.15, -0.1) is 10.2 Å². The first-order valence-electron chi connectivity index (χ1n) is 4.39. The van der Waals surface area contributed by atoms with Gasteiger partial charge in [0.25, 0.3) is 0 Å². The van der Waals surface area contributed by atoms with E-state index in [0.717, 1.165) is 5.01 Å². The molecule has 0 atom stereocenters. The lowest BCUT2D eigenvalue weighted by Crippen LogP contribution is -2.31. The van der Waals surface area contributed by atoms with Gasteiger partial charge < -0.3 is 5.11 Å². The van der Waals surface area contributed by atoms with Crippen LogP contribution in [0.25, 0.3) is 0 Å². The Morgan fingerprint density at radius 3 is 2.53 bits per heavy atom. The van der Waals surface area contributed by atoms with E-state index in [1.807, 2.05) is 0 Å². The molecule has 1 aromatic rings. The molecular weight excluding hydrogens is 218 g/mol. The molecule has 0 aromatic carbocycles. The molecule has 1 aromatic heterocycles. The quantitative estimate of drug-likeness (QED) is 0.739. The van der Waals surface area contributed by atoms with Gasteiger partial charge in [0.2, 0.25) is 11.0 Å². The van der Waals surface area contributed by atoms with E-state index in [9.17, 15) is 9.59 Å². The Balaban J connectivity index is 2.08. The molecule has 1 heterocycles. The van der Waals surface area contributed by atoms with Crippen molar-refractivity contribution in [3.8, 4) is 0 Å². The maximum absolute atomic E-state index is 11.6. The highest BCUT2D eigenvalue weighted by Crippen LogP contribution is 2.46. The summed E-state index contributed by atoms with van der Waals surface area (Å²) in [6.45, 7) is 1.76. The maximum Gasteiger partial charge on any atom is 0.319 e. The SMILES string of the molecule is Cc1nnc(NC(=O)C2(C(=O)O)CC2)s1. The van der Waals surface area contributed by atoms with Crippen molar-refractivity contribution in [2.75, 3.05) is 5.32 Å². The summed E-state index contributed by atoms with van der Waals surface area (Å²) in [5.74, 6) is -1.56. The van der Waals surface area contributed by atoms with E-state index in [1.54, 1.807) is 6.92 Å². The van der Waals surface area contributed by atoms with Crippen LogP contribution in [-0.4, -0.2) is 27.2 Å². The van der Waals surface area contributed by atoms with Gasteiger partial charge in [0.15, 0.2) is 0 Å². The Hall–Kier alpha value is -1.50. The van der Waals surface area contributed by atoms with E-state index in [-0.39, 0.29) is 0 Å². The number of anilines is 1. The third-order valence-corrected chi connectivity index (χ3v) is 3.09. The van der Waals surface area contributed by atoms with Gasteiger partial charge in [-0.2, -0.15) is 0 Å². The minimum atomic E-state index is -1.22. The van der Waals surface area contributed by atoms with Crippen LogP contribution in [0.15, 0.2) is 0 Å². The van der Waals surface area contributed by atoms with Crippen LogP contribution in [0.2, 0.25) is 0 Å². The van der Waals surface area contributed by atoms with Crippen LogP contribution in [0.5, 0.6) is 0 Å². The summed E-state index contributed by atoms with van der Waals surface area (Å²) >= 11 is 1.22. The van der Waals surface area contributed by atoms with Gasteiger partial charge in [-0.1, -0.05) is 11.3 Å². The van der Waals surface area contributed by atoms with Crippen molar-refractivity contribution in [1.29, 1.82) is 0 Å². The average molecular weight is 227 g/mol. The number of hydrogen-bond donors (Lipinski definition) is 2. The number of rotatable bonds is 3. The van der Waals surface area contributed by atoms with E-state index in [1.165, 1.54) is 11.3 Å². The fraction of sp³-hybridized carbons (Fsp3) is 0.500. The second-order valence-corrected chi connectivity index (χ2v) is 4.65. The molecule has 0 spiro atoms. The van der Waals surface area contributed by atoms with Crippen molar-refractivity contribution >= 4 is 28.3 Å². The smallest absolute Gasteiger partial charge is 0.319 e. The molecule has 7 heteroatoms. The number of aromatic nitrogens is 2. The molecule has 80 valence electrons. The molecule has 2 rings (SSSR count). The molecule has 6 nitrogen and oxygen atoms in total. The zero-order valence-corrected chi connectivity index (χ0v) is 8.80. The van der Waals surface area contributed by atoms with E-state index in [0.29, 0.717) is 18.0 Å². The number of nitrogens with zero attached hydrogens (tertiary/aromatic N) is 2. The highest BCUT2D eigenvalue weighted by Gasteiger charge is 2.57. The minimum Gasteiger partial charge on any atom is -0.480 e. The molecule has 1 amide bonds. The zero-order chi connectivity index (χ0) is 11.1. The predicted molar refractivity (Wildman–Crippen MR) is 52.6 cm³/mol. The van der Waals surface area contributed by atoms with Crippen molar-refractivity contribution in [3.63, 3.8) is 0 Å². The van der Waals surface area contributed by atoms with Crippen molar-refractivity contribution in [1.82, 2.24) is 10.2 Å². The topological polar surface area (TPSA) is 92.2 Å². The standard InChI is InChI=1S/C8H9N3O3S/c1-4-10-11-7(15-4)9-5(12)8(2-3-8)6(13)14/h2-3H2,1H3,(H,13,14)(H,9,11,12). The van der Waals surface area contributed by atoms with Crippen molar-refractivity contribution in [2.45, 2.75) is 19.8 Å². The van der Waals surface area contributed by atoms with Gasteiger partial charge in [0.1, 0.15) is 10.4 Å². The van der Waals surface area contributed by atoms with E-state index >= 15 is 0 Å². The zero-order valence-electron chi connectivity index (χ0n) is 7.98. The second-order valence-electron chi connectivity index (χ2n) is 3.47. The lowest BCUT2D eigenvalue weighted by Gasteiger charge is -2.07. The molecule has 0 unspecified atom stereocenters. The van der Waals surface area contributed by atoms with Gasteiger partial charge in [0.05, 0.1) is 0 Å². The molecule has 0 bridgehead atoms. The molecular formula is C8H9N3O3S. The van der Waals surface area contributed by atoms with Crippen LogP contribution in [0, 0.1) is 12.3 Å². The van der Waals surface area contributed by atoms with Gasteiger partial charge >= 0.3 is 5.97 Å². The van der Waals surface area contributed by atoms with Crippen LogP contribution in [0.1, 0.15) is 17.8 Å². The first-order valence-corrected chi connectivity index (χ1v) is 5.21. The molecule has 1 aliphatic carbocycles. The molecule has 15 heavy (non-hydrogen) atoms. The normalized spacial score (nSPS) is 17.1. The minimum absolute atomic E-state index is 0.352. The lowest BCUT2D eigenvalue weighted by atomic mass is 10.1. The number of hydrogen-bond acceptors (Lipinski definition) is 5. The third kappa shape index (κ3) is 1.70. The van der Waals surface area contributed by atoms with Crippen molar-refractivity contribution < 1.29 is 14.7 Å². The number of nitrogens with one attached hydrogen (secondary N) is 1. The Labute approximate surface area is 89.3 Å². The highest BCUT2D eigenvalue weighted by molar-refractivity contribution is 7.15. The van der Waals surface area contributed by atoms with Gasteiger partial charge in [-0.25, -0.2) is 0 Å². The van der Waals surface area contributed by atoms with E-state index in [4.69, 9.17) is 5.11 Å². The molecule has 0 saturated heterocycles. The van der Waals surface area contributed by atoms with Gasteiger partial charge in [0, 0.05) is 0 Å². The van der Waals surface area contributed by atoms with Crippen LogP contribution in [0.4, 0.5) is 5.13 Å². The third-order valence-electron chi connectivity index (χ3n) is 2.34. The van der Waals surface area contributed by atoms with Crippen molar-refractivity contribution in [2.24, 2.45) is 5.41 Å². The largest absolute Gasteiger partial charge is 0.480 e. The summed E-state index contributed by atoms with van der Waals surface area (Å²) in [4.78, 5) is 22.4. The summed E-state index contributed by atoms with van der Waals surface area (Å²) in [7, 11) is 0. The van der Waals surface area contributed by atoms with Crippen LogP contribution in [0.3, 0.4) is 0 Å². The predicted octanol–water partition coefficient (Wildman–Crippen LogP) is 0.650. The van der Waals surface area contributed by atoms with Crippen LogP contribution < -0.4 is 5.32 Å². The van der Waals surface area contributed by atoms with Gasteiger partial charge in [-0.05, 0) is 19.8 Å². The molecule has 0 radical (unpaired) electrons. The fourth-order valence-electron chi connectivity index (χ4n) is 1.23. The summed E-state index contributed by atoms with van der Waals surface area (Å²) < 4.78 is 0. The Morgan fingerprint density at radius 1 is 1.47 bits per heavy atom. The van der Waals surface area contributed by atoms with Crippen LogP contribution in [-0.2, 0) is 9.59 Å².